The fraction of sp³-hybridized carbons (Fsp3) is 0.167. The number of anilines is 1. The first-order valence-electron chi connectivity index (χ1n) is 7.65. The molecule has 0 aromatic heterocycles. The molecule has 0 fully saturated rings. The largest absolute Gasteiger partial charge is 0.454 e. The third-order valence-electron chi connectivity index (χ3n) is 3.56. The number of benzene rings is 2. The van der Waals surface area contributed by atoms with Crippen LogP contribution >= 0.6 is 0 Å². The molecule has 0 radical (unpaired) electrons. The van der Waals surface area contributed by atoms with E-state index in [0.717, 1.165) is 5.56 Å². The van der Waals surface area contributed by atoms with Crippen LogP contribution in [0.15, 0.2) is 47.6 Å². The van der Waals surface area contributed by atoms with Gasteiger partial charge < -0.3 is 14.8 Å². The van der Waals surface area contributed by atoms with Crippen LogP contribution in [0.3, 0.4) is 0 Å². The van der Waals surface area contributed by atoms with Crippen LogP contribution in [0.4, 0.5) is 5.69 Å². The van der Waals surface area contributed by atoms with E-state index in [2.05, 4.69) is 15.8 Å². The third kappa shape index (κ3) is 3.95. The molecule has 2 amide bonds. The lowest BCUT2D eigenvalue weighted by Gasteiger charge is -2.06. The Bertz CT molecular complexity index is 861. The number of rotatable bonds is 4. The Morgan fingerprint density at radius 2 is 1.80 bits per heavy atom. The Morgan fingerprint density at radius 1 is 1.00 bits per heavy atom. The molecule has 0 bridgehead atoms. The average molecular weight is 339 g/mol. The van der Waals surface area contributed by atoms with Gasteiger partial charge in [0.15, 0.2) is 11.5 Å². The topological polar surface area (TPSA) is 89.0 Å². The summed E-state index contributed by atoms with van der Waals surface area (Å²) >= 11 is 0. The molecule has 2 N–H and O–H groups in total. The van der Waals surface area contributed by atoms with Gasteiger partial charge in [0.1, 0.15) is 0 Å². The summed E-state index contributed by atoms with van der Waals surface area (Å²) in [4.78, 5) is 23.4. The molecule has 0 saturated carbocycles. The molecular weight excluding hydrogens is 322 g/mol. The second kappa shape index (κ2) is 7.04. The van der Waals surface area contributed by atoms with Gasteiger partial charge in [0.25, 0.3) is 5.91 Å². The number of ether oxygens (including phenoxy) is 2. The summed E-state index contributed by atoms with van der Waals surface area (Å²) in [6.45, 7) is 3.37. The average Bonchev–Trinajstić information content (AvgIpc) is 3.06. The van der Waals surface area contributed by atoms with Crippen molar-refractivity contribution in [1.29, 1.82) is 0 Å². The summed E-state index contributed by atoms with van der Waals surface area (Å²) in [5.41, 5.74) is 5.01. The third-order valence-corrected chi connectivity index (χ3v) is 3.56. The summed E-state index contributed by atoms with van der Waals surface area (Å²) < 4.78 is 10.5. The van der Waals surface area contributed by atoms with Crippen LogP contribution in [0.2, 0.25) is 0 Å². The lowest BCUT2D eigenvalue weighted by Crippen LogP contribution is -2.19. The zero-order valence-corrected chi connectivity index (χ0v) is 13.8. The van der Waals surface area contributed by atoms with Crippen LogP contribution < -0.4 is 20.2 Å². The van der Waals surface area contributed by atoms with E-state index >= 15 is 0 Å². The van der Waals surface area contributed by atoms with E-state index in [1.807, 2.05) is 6.07 Å². The SMILES string of the molecule is CC(=O)Nc1cccc(/C(C)=N\NC(=O)c2ccc3c(c2)OCO3)c1. The van der Waals surface area contributed by atoms with E-state index in [9.17, 15) is 9.59 Å². The number of fused-ring (bicyclic) bond motifs is 1. The quantitative estimate of drug-likeness (QED) is 0.662. The molecule has 0 atom stereocenters. The van der Waals surface area contributed by atoms with E-state index in [-0.39, 0.29) is 18.6 Å². The van der Waals surface area contributed by atoms with Crippen LogP contribution in [0.5, 0.6) is 11.5 Å². The number of nitrogens with one attached hydrogen (secondary N) is 2. The minimum Gasteiger partial charge on any atom is -0.454 e. The van der Waals surface area contributed by atoms with E-state index in [0.29, 0.717) is 28.5 Å². The van der Waals surface area contributed by atoms with Crippen LogP contribution in [-0.2, 0) is 4.79 Å². The van der Waals surface area contributed by atoms with Crippen LogP contribution in [-0.4, -0.2) is 24.3 Å². The monoisotopic (exact) mass is 339 g/mol. The maximum absolute atomic E-state index is 12.2. The highest BCUT2D eigenvalue weighted by molar-refractivity contribution is 6.02. The lowest BCUT2D eigenvalue weighted by molar-refractivity contribution is -0.114. The predicted molar refractivity (Wildman–Crippen MR) is 93.0 cm³/mol. The number of hydrogen-bond acceptors (Lipinski definition) is 5. The second-order valence-corrected chi connectivity index (χ2v) is 5.47. The van der Waals surface area contributed by atoms with Gasteiger partial charge in [-0.25, -0.2) is 5.43 Å². The standard InChI is InChI=1S/C18H17N3O4/c1-11(13-4-3-5-15(8-13)19-12(2)22)20-21-18(23)14-6-7-16-17(9-14)25-10-24-16/h3-9H,10H2,1-2H3,(H,19,22)(H,21,23)/b20-11-. The first-order chi connectivity index (χ1) is 12.0. The van der Waals surface area contributed by atoms with Gasteiger partial charge in [-0.2, -0.15) is 5.10 Å². The zero-order valence-electron chi connectivity index (χ0n) is 13.8. The van der Waals surface area contributed by atoms with Crippen molar-refractivity contribution in [2.24, 2.45) is 5.10 Å². The summed E-state index contributed by atoms with van der Waals surface area (Å²) in [7, 11) is 0. The number of carbonyl (C=O) groups is 2. The normalized spacial score (nSPS) is 12.6. The highest BCUT2D eigenvalue weighted by Gasteiger charge is 2.16. The Kier molecular flexibility index (Phi) is 4.65. The molecule has 25 heavy (non-hydrogen) atoms. The smallest absolute Gasteiger partial charge is 0.271 e. The second-order valence-electron chi connectivity index (χ2n) is 5.47. The summed E-state index contributed by atoms with van der Waals surface area (Å²) in [5.74, 6) is 0.654. The number of amides is 2. The van der Waals surface area contributed by atoms with Gasteiger partial charge in [-0.05, 0) is 42.8 Å². The molecule has 0 unspecified atom stereocenters. The van der Waals surface area contributed by atoms with Crippen molar-refractivity contribution in [3.63, 3.8) is 0 Å². The Labute approximate surface area is 144 Å². The first kappa shape index (κ1) is 16.5. The molecule has 0 saturated heterocycles. The van der Waals surface area contributed by atoms with Crippen molar-refractivity contribution in [1.82, 2.24) is 5.43 Å². The number of hydrogen-bond donors (Lipinski definition) is 2. The van der Waals surface area contributed by atoms with Gasteiger partial charge in [-0.3, -0.25) is 9.59 Å². The molecule has 2 aromatic carbocycles. The highest BCUT2D eigenvalue weighted by Crippen LogP contribution is 2.32. The summed E-state index contributed by atoms with van der Waals surface area (Å²) in [6.07, 6.45) is 0. The molecule has 128 valence electrons. The van der Waals surface area contributed by atoms with Crippen molar-refractivity contribution in [2.75, 3.05) is 12.1 Å². The van der Waals surface area contributed by atoms with E-state index in [1.165, 1.54) is 6.92 Å². The lowest BCUT2D eigenvalue weighted by atomic mass is 10.1. The maximum atomic E-state index is 12.2. The molecule has 7 nitrogen and oxygen atoms in total. The van der Waals surface area contributed by atoms with E-state index in [1.54, 1.807) is 43.3 Å². The van der Waals surface area contributed by atoms with E-state index in [4.69, 9.17) is 9.47 Å². The molecule has 2 aromatic rings. The molecule has 1 aliphatic heterocycles. The van der Waals surface area contributed by atoms with Crippen molar-refractivity contribution in [2.45, 2.75) is 13.8 Å². The fourth-order valence-electron chi connectivity index (χ4n) is 2.33. The van der Waals surface area contributed by atoms with Gasteiger partial charge >= 0.3 is 0 Å². The van der Waals surface area contributed by atoms with Gasteiger partial charge in [-0.15, -0.1) is 0 Å². The van der Waals surface area contributed by atoms with Gasteiger partial charge in [0, 0.05) is 18.2 Å². The molecule has 0 aliphatic carbocycles. The molecule has 3 rings (SSSR count). The van der Waals surface area contributed by atoms with Gasteiger partial charge in [0.05, 0.1) is 5.71 Å². The molecule has 7 heteroatoms. The highest BCUT2D eigenvalue weighted by atomic mass is 16.7. The van der Waals surface area contributed by atoms with Crippen molar-refractivity contribution in [3.05, 3.63) is 53.6 Å². The maximum Gasteiger partial charge on any atom is 0.271 e. The number of nitrogens with zero attached hydrogens (tertiary/aromatic N) is 1. The Morgan fingerprint density at radius 3 is 2.60 bits per heavy atom. The number of hydrazone groups is 1. The van der Waals surface area contributed by atoms with E-state index < -0.39 is 0 Å². The Hall–Kier alpha value is -3.35. The van der Waals surface area contributed by atoms with Crippen molar-refractivity contribution >= 4 is 23.2 Å². The van der Waals surface area contributed by atoms with Crippen LogP contribution in [0, 0.1) is 0 Å². The molecular formula is C18H17N3O4. The molecule has 0 spiro atoms. The Balaban J connectivity index is 1.70. The summed E-state index contributed by atoms with van der Waals surface area (Å²) in [5, 5.41) is 6.82. The zero-order chi connectivity index (χ0) is 17.8. The molecule has 1 heterocycles. The molecule has 1 aliphatic rings. The minimum atomic E-state index is -0.351. The predicted octanol–water partition coefficient (Wildman–Crippen LogP) is 2.53. The fourth-order valence-corrected chi connectivity index (χ4v) is 2.33. The summed E-state index contributed by atoms with van der Waals surface area (Å²) in [6, 6.07) is 12.2. The van der Waals surface area contributed by atoms with Gasteiger partial charge in [-0.1, -0.05) is 12.1 Å². The van der Waals surface area contributed by atoms with Gasteiger partial charge in [0.2, 0.25) is 12.7 Å². The van der Waals surface area contributed by atoms with Crippen LogP contribution in [0.1, 0.15) is 29.8 Å². The van der Waals surface area contributed by atoms with Crippen molar-refractivity contribution < 1.29 is 19.1 Å². The number of carbonyl (C=O) groups excluding carboxylic acids is 2. The first-order valence-corrected chi connectivity index (χ1v) is 7.65. The van der Waals surface area contributed by atoms with Crippen molar-refractivity contribution in [3.8, 4) is 11.5 Å². The van der Waals surface area contributed by atoms with Crippen LogP contribution in [0.25, 0.3) is 0 Å². The minimum absolute atomic E-state index is 0.150.